The zero-order valence-corrected chi connectivity index (χ0v) is 17.5. The van der Waals surface area contributed by atoms with Crippen LogP contribution in [-0.2, 0) is 6.54 Å². The van der Waals surface area contributed by atoms with Gasteiger partial charge in [0.2, 0.25) is 0 Å². The maximum atomic E-state index is 12.8. The molecule has 0 saturated carbocycles. The van der Waals surface area contributed by atoms with Crippen molar-refractivity contribution in [3.05, 3.63) is 82.0 Å². The van der Waals surface area contributed by atoms with Gasteiger partial charge in [-0.2, -0.15) is 0 Å². The first kappa shape index (κ1) is 20.2. The summed E-state index contributed by atoms with van der Waals surface area (Å²) >= 11 is 12.7. The Bertz CT molecular complexity index is 1100. The van der Waals surface area contributed by atoms with Crippen LogP contribution in [-0.4, -0.2) is 29.9 Å². The fraction of sp³-hybridized carbons (Fsp3) is 0.136. The normalized spacial score (nSPS) is 12.8. The van der Waals surface area contributed by atoms with Crippen molar-refractivity contribution >= 4 is 40.8 Å². The molecule has 2 aromatic carbocycles. The lowest BCUT2D eigenvalue weighted by Gasteiger charge is -2.11. The minimum atomic E-state index is -0.296. The molecule has 1 aliphatic heterocycles. The predicted octanol–water partition coefficient (Wildman–Crippen LogP) is 4.36. The largest absolute Gasteiger partial charge is 0.355 e. The number of aliphatic imine (C=N–C) groups is 1. The van der Waals surface area contributed by atoms with Gasteiger partial charge in [0, 0.05) is 30.5 Å². The van der Waals surface area contributed by atoms with Crippen LogP contribution in [0.3, 0.4) is 0 Å². The van der Waals surface area contributed by atoms with Gasteiger partial charge in [-0.15, -0.1) is 0 Å². The summed E-state index contributed by atoms with van der Waals surface area (Å²) in [6, 6.07) is 16.2. The standard InChI is InChI=1S/C22H19Cl2N5O/c23-18-7-5-15(12-17(18)20-3-1-2-8-25-20)29-21(30)16-6-4-14(11-19(16)24)13-28-22-26-9-10-27-22/h1-8,11-12H,9-10,13H2,(H,29,30)(H2,26,27,28). The summed E-state index contributed by atoms with van der Waals surface area (Å²) in [5, 5.41) is 10.2. The monoisotopic (exact) mass is 439 g/mol. The van der Waals surface area contributed by atoms with Gasteiger partial charge in [0.25, 0.3) is 5.91 Å². The van der Waals surface area contributed by atoms with E-state index in [9.17, 15) is 4.79 Å². The van der Waals surface area contributed by atoms with Crippen LogP contribution < -0.4 is 16.0 Å². The molecule has 1 aromatic heterocycles. The number of rotatable bonds is 5. The first-order chi connectivity index (χ1) is 14.6. The van der Waals surface area contributed by atoms with Crippen LogP contribution >= 0.6 is 23.2 Å². The Morgan fingerprint density at radius 3 is 2.70 bits per heavy atom. The van der Waals surface area contributed by atoms with Crippen LogP contribution in [0, 0.1) is 0 Å². The Balaban J connectivity index is 1.47. The first-order valence-electron chi connectivity index (χ1n) is 9.43. The van der Waals surface area contributed by atoms with Gasteiger partial charge >= 0.3 is 0 Å². The molecule has 2 heterocycles. The van der Waals surface area contributed by atoms with Crippen LogP contribution in [0.2, 0.25) is 10.0 Å². The molecule has 0 saturated heterocycles. The molecule has 0 unspecified atom stereocenters. The number of nitrogens with zero attached hydrogens (tertiary/aromatic N) is 2. The highest BCUT2D eigenvalue weighted by atomic mass is 35.5. The highest BCUT2D eigenvalue weighted by Crippen LogP contribution is 2.29. The molecule has 30 heavy (non-hydrogen) atoms. The molecule has 4 rings (SSSR count). The summed E-state index contributed by atoms with van der Waals surface area (Å²) < 4.78 is 0. The number of nitrogens with one attached hydrogen (secondary N) is 3. The van der Waals surface area contributed by atoms with Crippen molar-refractivity contribution in [3.8, 4) is 11.3 Å². The van der Waals surface area contributed by atoms with Gasteiger partial charge in [-0.05, 0) is 48.0 Å². The van der Waals surface area contributed by atoms with Gasteiger partial charge in [-0.3, -0.25) is 14.8 Å². The molecule has 0 aliphatic carbocycles. The van der Waals surface area contributed by atoms with E-state index >= 15 is 0 Å². The number of carbonyl (C=O) groups excluding carboxylic acids is 1. The Morgan fingerprint density at radius 1 is 1.07 bits per heavy atom. The van der Waals surface area contributed by atoms with Crippen LogP contribution in [0.15, 0.2) is 65.8 Å². The Labute approximate surface area is 184 Å². The number of anilines is 1. The zero-order valence-electron chi connectivity index (χ0n) is 16.0. The van der Waals surface area contributed by atoms with Crippen molar-refractivity contribution in [2.24, 2.45) is 4.99 Å². The van der Waals surface area contributed by atoms with E-state index in [4.69, 9.17) is 23.2 Å². The van der Waals surface area contributed by atoms with Gasteiger partial charge in [0.05, 0.1) is 27.8 Å². The summed E-state index contributed by atoms with van der Waals surface area (Å²) in [4.78, 5) is 21.4. The van der Waals surface area contributed by atoms with Crippen molar-refractivity contribution in [1.29, 1.82) is 0 Å². The lowest BCUT2D eigenvalue weighted by atomic mass is 10.1. The second-order valence-electron chi connectivity index (χ2n) is 6.69. The molecule has 1 amide bonds. The third kappa shape index (κ3) is 4.72. The van der Waals surface area contributed by atoms with Crippen molar-refractivity contribution in [2.75, 3.05) is 18.4 Å². The van der Waals surface area contributed by atoms with Crippen molar-refractivity contribution in [1.82, 2.24) is 15.6 Å². The second kappa shape index (κ2) is 9.15. The van der Waals surface area contributed by atoms with E-state index in [-0.39, 0.29) is 5.91 Å². The van der Waals surface area contributed by atoms with Gasteiger partial charge in [-0.1, -0.05) is 35.3 Å². The molecular weight excluding hydrogens is 421 g/mol. The molecule has 0 spiro atoms. The van der Waals surface area contributed by atoms with Gasteiger partial charge in [-0.25, -0.2) is 0 Å². The summed E-state index contributed by atoms with van der Waals surface area (Å²) in [7, 11) is 0. The molecule has 0 radical (unpaired) electrons. The van der Waals surface area contributed by atoms with Gasteiger partial charge in [0.15, 0.2) is 5.96 Å². The van der Waals surface area contributed by atoms with Gasteiger partial charge < -0.3 is 16.0 Å². The molecular formula is C22H19Cl2N5O. The predicted molar refractivity (Wildman–Crippen MR) is 121 cm³/mol. The molecule has 6 nitrogen and oxygen atoms in total. The van der Waals surface area contributed by atoms with Crippen LogP contribution in [0.5, 0.6) is 0 Å². The highest BCUT2D eigenvalue weighted by Gasteiger charge is 2.13. The number of halogens is 2. The molecule has 0 bridgehead atoms. The van der Waals surface area contributed by atoms with Crippen molar-refractivity contribution in [2.45, 2.75) is 6.54 Å². The maximum absolute atomic E-state index is 12.8. The van der Waals surface area contributed by atoms with E-state index in [2.05, 4.69) is 25.9 Å². The van der Waals surface area contributed by atoms with E-state index in [0.717, 1.165) is 35.9 Å². The number of carbonyl (C=O) groups is 1. The Morgan fingerprint density at radius 2 is 1.97 bits per heavy atom. The van der Waals surface area contributed by atoms with Crippen LogP contribution in [0.4, 0.5) is 5.69 Å². The number of pyridine rings is 1. The molecule has 8 heteroatoms. The average Bonchev–Trinajstić information content (AvgIpc) is 3.28. The smallest absolute Gasteiger partial charge is 0.257 e. The van der Waals surface area contributed by atoms with Crippen LogP contribution in [0.1, 0.15) is 15.9 Å². The fourth-order valence-electron chi connectivity index (χ4n) is 3.07. The Kier molecular flexibility index (Phi) is 6.16. The summed E-state index contributed by atoms with van der Waals surface area (Å²) in [5.74, 6) is 0.482. The van der Waals surface area contributed by atoms with Crippen LogP contribution in [0.25, 0.3) is 11.3 Å². The molecule has 1 aliphatic rings. The van der Waals surface area contributed by atoms with Crippen molar-refractivity contribution < 1.29 is 4.79 Å². The Hall–Kier alpha value is -3.09. The summed E-state index contributed by atoms with van der Waals surface area (Å²) in [6.45, 7) is 2.18. The second-order valence-corrected chi connectivity index (χ2v) is 7.50. The number of benzene rings is 2. The number of hydrogen-bond acceptors (Lipinski definition) is 5. The van der Waals surface area contributed by atoms with E-state index < -0.39 is 0 Å². The molecule has 0 atom stereocenters. The topological polar surface area (TPSA) is 78.4 Å². The lowest BCUT2D eigenvalue weighted by Crippen LogP contribution is -2.33. The first-order valence-corrected chi connectivity index (χ1v) is 10.2. The number of hydrogen-bond donors (Lipinski definition) is 3. The SMILES string of the molecule is O=C(Nc1ccc(Cl)c(-c2ccccn2)c1)c1ccc(CNC2=NCCN2)cc1Cl. The minimum absolute atomic E-state index is 0.296. The molecule has 152 valence electrons. The number of guanidine groups is 1. The molecule has 0 fully saturated rings. The summed E-state index contributed by atoms with van der Waals surface area (Å²) in [6.07, 6.45) is 1.70. The van der Waals surface area contributed by atoms with E-state index in [1.54, 1.807) is 36.5 Å². The highest BCUT2D eigenvalue weighted by molar-refractivity contribution is 6.35. The number of amides is 1. The summed E-state index contributed by atoms with van der Waals surface area (Å²) in [5.41, 5.74) is 3.43. The minimum Gasteiger partial charge on any atom is -0.355 e. The van der Waals surface area contributed by atoms with Crippen molar-refractivity contribution in [3.63, 3.8) is 0 Å². The van der Waals surface area contributed by atoms with Gasteiger partial charge in [0.1, 0.15) is 0 Å². The quantitative estimate of drug-likeness (QED) is 0.551. The third-order valence-electron chi connectivity index (χ3n) is 4.58. The van der Waals surface area contributed by atoms with E-state index in [0.29, 0.717) is 27.8 Å². The van der Waals surface area contributed by atoms with E-state index in [1.165, 1.54) is 0 Å². The zero-order chi connectivity index (χ0) is 20.9. The third-order valence-corrected chi connectivity index (χ3v) is 5.22. The molecule has 3 N–H and O–H groups in total. The number of aromatic nitrogens is 1. The lowest BCUT2D eigenvalue weighted by molar-refractivity contribution is 0.102. The maximum Gasteiger partial charge on any atom is 0.257 e. The fourth-order valence-corrected chi connectivity index (χ4v) is 3.58. The van der Waals surface area contributed by atoms with E-state index in [1.807, 2.05) is 24.3 Å². The average molecular weight is 440 g/mol. The molecule has 3 aromatic rings.